The first-order valence-electron chi connectivity index (χ1n) is 9.80. The van der Waals surface area contributed by atoms with Gasteiger partial charge < -0.3 is 19.5 Å². The predicted molar refractivity (Wildman–Crippen MR) is 120 cm³/mol. The van der Waals surface area contributed by atoms with Crippen LogP contribution in [0.25, 0.3) is 5.76 Å². The Morgan fingerprint density at radius 1 is 1.32 bits per heavy atom. The van der Waals surface area contributed by atoms with Gasteiger partial charge in [-0.05, 0) is 48.9 Å². The molecule has 2 unspecified atom stereocenters. The van der Waals surface area contributed by atoms with Gasteiger partial charge in [0.25, 0.3) is 11.7 Å². The average molecular weight is 482 g/mol. The zero-order chi connectivity index (χ0) is 22.3. The first-order valence-corrected chi connectivity index (χ1v) is 11.4. The number of hydrogen-bond acceptors (Lipinski definition) is 6. The number of rotatable bonds is 5. The Hall–Kier alpha value is -2.06. The minimum absolute atomic E-state index is 0.0193. The lowest BCUT2D eigenvalue weighted by Crippen LogP contribution is -2.36. The van der Waals surface area contributed by atoms with Gasteiger partial charge in [-0.1, -0.05) is 23.2 Å². The number of ether oxygens (including phenoxy) is 2. The first-order chi connectivity index (χ1) is 14.8. The van der Waals surface area contributed by atoms with Crippen LogP contribution in [0.1, 0.15) is 34.9 Å². The summed E-state index contributed by atoms with van der Waals surface area (Å²) in [5.74, 6) is -1.45. The van der Waals surface area contributed by atoms with Crippen molar-refractivity contribution in [1.82, 2.24) is 4.90 Å². The summed E-state index contributed by atoms with van der Waals surface area (Å²) < 4.78 is 10.9. The van der Waals surface area contributed by atoms with Gasteiger partial charge in [0.15, 0.2) is 5.75 Å². The number of ketones is 1. The van der Waals surface area contributed by atoms with E-state index >= 15 is 0 Å². The zero-order valence-corrected chi connectivity index (χ0v) is 19.3. The number of carbonyl (C=O) groups excluding carboxylic acids is 2. The third kappa shape index (κ3) is 3.96. The number of aliphatic hydroxyl groups is 1. The molecule has 31 heavy (non-hydrogen) atoms. The Kier molecular flexibility index (Phi) is 6.30. The molecule has 0 saturated carbocycles. The molecule has 3 heterocycles. The van der Waals surface area contributed by atoms with Crippen molar-refractivity contribution in [2.24, 2.45) is 0 Å². The lowest BCUT2D eigenvalue weighted by atomic mass is 9.98. The highest BCUT2D eigenvalue weighted by Crippen LogP contribution is 2.44. The van der Waals surface area contributed by atoms with Gasteiger partial charge in [-0.25, -0.2) is 0 Å². The minimum Gasteiger partial charge on any atom is -0.507 e. The molecule has 2 saturated heterocycles. The van der Waals surface area contributed by atoms with E-state index in [-0.39, 0.29) is 45.3 Å². The van der Waals surface area contributed by atoms with Crippen LogP contribution in [0.5, 0.6) is 5.75 Å². The van der Waals surface area contributed by atoms with Crippen LogP contribution in [0.15, 0.2) is 29.2 Å². The van der Waals surface area contributed by atoms with E-state index in [2.05, 4.69) is 0 Å². The number of likely N-dealkylation sites (tertiary alicyclic amines) is 1. The van der Waals surface area contributed by atoms with Gasteiger partial charge in [-0.3, -0.25) is 9.59 Å². The van der Waals surface area contributed by atoms with Crippen LogP contribution in [-0.2, 0) is 14.3 Å². The summed E-state index contributed by atoms with van der Waals surface area (Å²) in [7, 11) is 1.43. The number of amides is 1. The van der Waals surface area contributed by atoms with Crippen LogP contribution < -0.4 is 4.74 Å². The van der Waals surface area contributed by atoms with Crippen molar-refractivity contribution in [3.63, 3.8) is 0 Å². The highest BCUT2D eigenvalue weighted by atomic mass is 35.5. The molecule has 2 atom stereocenters. The van der Waals surface area contributed by atoms with E-state index in [4.69, 9.17) is 32.7 Å². The molecule has 164 valence electrons. The number of aliphatic hydroxyl groups excluding tert-OH is 1. The van der Waals surface area contributed by atoms with E-state index < -0.39 is 17.7 Å². The van der Waals surface area contributed by atoms with E-state index in [1.54, 1.807) is 0 Å². The number of benzene rings is 1. The van der Waals surface area contributed by atoms with Crippen molar-refractivity contribution in [3.8, 4) is 5.75 Å². The van der Waals surface area contributed by atoms with Gasteiger partial charge in [-0.2, -0.15) is 0 Å². The number of hydrogen-bond donors (Lipinski definition) is 1. The molecule has 2 fully saturated rings. The highest BCUT2D eigenvalue weighted by Gasteiger charge is 2.48. The van der Waals surface area contributed by atoms with Gasteiger partial charge in [0.2, 0.25) is 0 Å². The van der Waals surface area contributed by atoms with Crippen LogP contribution in [0.4, 0.5) is 0 Å². The van der Waals surface area contributed by atoms with Crippen LogP contribution in [0, 0.1) is 6.92 Å². The standard InChI is InChI=1S/C22H21Cl2NO5S/c1-11-5-7-31-21(11)17-16(18(26)12-8-14(23)20(29-2)15(24)9-12)19(27)22(28)25(17)10-13-4-3-6-30-13/h5,7-9,13,17,26H,3-4,6,10H2,1-2H3/b18-16-. The maximum atomic E-state index is 13.1. The normalized spacial score (nSPS) is 23.0. The molecule has 1 amide bonds. The summed E-state index contributed by atoms with van der Waals surface area (Å²) in [6, 6.07) is 4.15. The molecule has 2 aliphatic rings. The summed E-state index contributed by atoms with van der Waals surface area (Å²) in [5, 5.41) is 13.4. The Morgan fingerprint density at radius 3 is 2.58 bits per heavy atom. The van der Waals surface area contributed by atoms with Crippen LogP contribution >= 0.6 is 34.5 Å². The number of aryl methyl sites for hydroxylation is 1. The molecule has 0 radical (unpaired) electrons. The maximum Gasteiger partial charge on any atom is 0.295 e. The van der Waals surface area contributed by atoms with Gasteiger partial charge >= 0.3 is 0 Å². The molecule has 6 nitrogen and oxygen atoms in total. The van der Waals surface area contributed by atoms with Crippen molar-refractivity contribution >= 4 is 52.0 Å². The van der Waals surface area contributed by atoms with Crippen molar-refractivity contribution < 1.29 is 24.2 Å². The van der Waals surface area contributed by atoms with E-state index in [0.29, 0.717) is 6.61 Å². The number of carbonyl (C=O) groups is 2. The molecule has 2 aromatic rings. The van der Waals surface area contributed by atoms with E-state index in [1.165, 1.54) is 35.5 Å². The van der Waals surface area contributed by atoms with Gasteiger partial charge in [0.1, 0.15) is 5.76 Å². The van der Waals surface area contributed by atoms with E-state index in [0.717, 1.165) is 23.3 Å². The Bertz CT molecular complexity index is 1050. The van der Waals surface area contributed by atoms with Crippen molar-refractivity contribution in [3.05, 3.63) is 55.2 Å². The summed E-state index contributed by atoms with van der Waals surface area (Å²) in [4.78, 5) is 28.4. The zero-order valence-electron chi connectivity index (χ0n) is 17.0. The van der Waals surface area contributed by atoms with Crippen molar-refractivity contribution in [1.29, 1.82) is 0 Å². The second kappa shape index (κ2) is 8.82. The number of halogens is 2. The topological polar surface area (TPSA) is 76.1 Å². The van der Waals surface area contributed by atoms with Crippen LogP contribution in [-0.4, -0.2) is 48.1 Å². The van der Waals surface area contributed by atoms with E-state index in [9.17, 15) is 14.7 Å². The number of nitrogens with zero attached hydrogens (tertiary/aromatic N) is 1. The fourth-order valence-electron chi connectivity index (χ4n) is 4.06. The lowest BCUT2D eigenvalue weighted by Gasteiger charge is -2.27. The van der Waals surface area contributed by atoms with Crippen molar-refractivity contribution in [2.75, 3.05) is 20.3 Å². The fourth-order valence-corrected chi connectivity index (χ4v) is 5.75. The number of Topliss-reactive ketones (excluding diaryl/α,β-unsaturated/α-hetero) is 1. The van der Waals surface area contributed by atoms with E-state index in [1.807, 2.05) is 18.4 Å². The monoisotopic (exact) mass is 481 g/mol. The van der Waals surface area contributed by atoms with Crippen molar-refractivity contribution in [2.45, 2.75) is 31.9 Å². The molecule has 9 heteroatoms. The maximum absolute atomic E-state index is 13.1. The molecule has 0 aliphatic carbocycles. The smallest absolute Gasteiger partial charge is 0.295 e. The van der Waals surface area contributed by atoms with Gasteiger partial charge in [0.05, 0.1) is 34.9 Å². The van der Waals surface area contributed by atoms with Gasteiger partial charge in [0, 0.05) is 23.6 Å². The predicted octanol–water partition coefficient (Wildman–Crippen LogP) is 4.97. The molecule has 2 aliphatic heterocycles. The molecular weight excluding hydrogens is 461 g/mol. The highest BCUT2D eigenvalue weighted by molar-refractivity contribution is 7.10. The minimum atomic E-state index is -0.739. The molecule has 1 aromatic carbocycles. The Morgan fingerprint density at radius 2 is 2.03 bits per heavy atom. The molecule has 4 rings (SSSR count). The summed E-state index contributed by atoms with van der Waals surface area (Å²) in [6.07, 6.45) is 1.61. The SMILES string of the molecule is COc1c(Cl)cc(/C(O)=C2/C(=O)C(=O)N(CC3CCCO3)C2c2sccc2C)cc1Cl. The lowest BCUT2D eigenvalue weighted by molar-refractivity contribution is -0.140. The largest absolute Gasteiger partial charge is 0.507 e. The summed E-state index contributed by atoms with van der Waals surface area (Å²) >= 11 is 13.9. The molecule has 1 aromatic heterocycles. The Labute approximate surface area is 194 Å². The Balaban J connectivity index is 1.85. The second-order valence-electron chi connectivity index (χ2n) is 7.53. The first kappa shape index (κ1) is 22.1. The molecule has 0 spiro atoms. The molecule has 1 N–H and O–H groups in total. The van der Waals surface area contributed by atoms with Gasteiger partial charge in [-0.15, -0.1) is 11.3 Å². The fraction of sp³-hybridized carbons (Fsp3) is 0.364. The average Bonchev–Trinajstić information content (AvgIpc) is 3.45. The molecule has 0 bridgehead atoms. The third-order valence-electron chi connectivity index (χ3n) is 5.59. The van der Waals surface area contributed by atoms with Crippen LogP contribution in [0.2, 0.25) is 10.0 Å². The quantitative estimate of drug-likeness (QED) is 0.370. The summed E-state index contributed by atoms with van der Waals surface area (Å²) in [5.41, 5.74) is 1.20. The molecular formula is C22H21Cl2NO5S. The van der Waals surface area contributed by atoms with Crippen LogP contribution in [0.3, 0.4) is 0 Å². The number of thiophene rings is 1. The summed E-state index contributed by atoms with van der Waals surface area (Å²) in [6.45, 7) is 2.84. The third-order valence-corrected chi connectivity index (χ3v) is 7.22. The second-order valence-corrected chi connectivity index (χ2v) is 9.29. The number of methoxy groups -OCH3 is 1.